The van der Waals surface area contributed by atoms with E-state index in [1.165, 1.54) is 12.1 Å². The third kappa shape index (κ3) is 4.77. The minimum atomic E-state index is -0.810. The molecule has 1 aliphatic rings. The fraction of sp³-hybridized carbons (Fsp3) is 0.440. The van der Waals surface area contributed by atoms with Crippen LogP contribution in [0.5, 0.6) is 0 Å². The van der Waals surface area contributed by atoms with Crippen molar-refractivity contribution in [3.8, 4) is 0 Å². The zero-order chi connectivity index (χ0) is 26.2. The normalized spacial score (nSPS) is 14.2. The van der Waals surface area contributed by atoms with Crippen molar-refractivity contribution in [2.24, 2.45) is 5.41 Å². The molecule has 0 saturated heterocycles. The molecule has 2 aromatic heterocycles. The summed E-state index contributed by atoms with van der Waals surface area (Å²) in [4.78, 5) is 40.0. The number of hydrogen-bond acceptors (Lipinski definition) is 6. The zero-order valence-electron chi connectivity index (χ0n) is 21.0. The van der Waals surface area contributed by atoms with Crippen molar-refractivity contribution in [1.29, 1.82) is 0 Å². The average Bonchev–Trinajstić information content (AvgIpc) is 3.44. The van der Waals surface area contributed by atoms with Crippen molar-refractivity contribution in [1.82, 2.24) is 30.5 Å². The fourth-order valence-corrected chi connectivity index (χ4v) is 4.65. The van der Waals surface area contributed by atoms with E-state index in [2.05, 4.69) is 31.3 Å². The predicted molar refractivity (Wildman–Crippen MR) is 130 cm³/mol. The number of nitrogens with zero attached hydrogens (tertiary/aromatic N) is 4. The van der Waals surface area contributed by atoms with E-state index in [0.29, 0.717) is 35.3 Å². The van der Waals surface area contributed by atoms with Crippen molar-refractivity contribution in [3.63, 3.8) is 0 Å². The summed E-state index contributed by atoms with van der Waals surface area (Å²) in [5, 5.41) is 19.5. The number of aryl methyl sites for hydroxylation is 1. The maximum atomic E-state index is 13.7. The summed E-state index contributed by atoms with van der Waals surface area (Å²) < 4.78 is 15.4. The van der Waals surface area contributed by atoms with Crippen LogP contribution in [0.15, 0.2) is 18.2 Å². The minimum absolute atomic E-state index is 0.198. The molecule has 0 spiro atoms. The first-order chi connectivity index (χ1) is 17.0. The molecule has 1 aromatic carbocycles. The van der Waals surface area contributed by atoms with Crippen LogP contribution in [0.1, 0.15) is 83.1 Å². The van der Waals surface area contributed by atoms with E-state index in [1.807, 2.05) is 20.8 Å². The van der Waals surface area contributed by atoms with Gasteiger partial charge in [0.15, 0.2) is 5.82 Å². The van der Waals surface area contributed by atoms with Gasteiger partial charge in [0.2, 0.25) is 0 Å². The van der Waals surface area contributed by atoms with Crippen LogP contribution < -0.4 is 10.6 Å². The SMILES string of the molecule is Cc1cc(NC(=O)c2c(C)c(C(=O)C(=O)N[C@@H](c3nn[nH]n3)C(C)(C)C)n3c2CCCC3)ccc1F. The first-order valence-corrected chi connectivity index (χ1v) is 11.9. The number of amides is 2. The molecule has 0 fully saturated rings. The smallest absolute Gasteiger partial charge is 0.294 e. The van der Waals surface area contributed by atoms with Gasteiger partial charge in [0, 0.05) is 17.9 Å². The average molecular weight is 496 g/mol. The lowest BCUT2D eigenvalue weighted by Crippen LogP contribution is -2.41. The standard InChI is InChI=1S/C25H30FN7O3/c1-13-12-15(9-10-16(13)26)27-23(35)18-14(2)19(33-11-7-6-8-17(18)33)20(34)24(36)28-21(25(3,4)5)22-29-31-32-30-22/h9-10,12,21H,6-8,11H2,1-5H3,(H,27,35)(H,28,36)(H,29,30,31,32)/t21-/m0/s1. The van der Waals surface area contributed by atoms with Crippen LogP contribution in [-0.2, 0) is 17.8 Å². The van der Waals surface area contributed by atoms with Crippen molar-refractivity contribution in [3.05, 3.63) is 57.9 Å². The Hall–Kier alpha value is -3.89. The number of carbonyl (C=O) groups excluding carboxylic acids is 3. The number of fused-ring (bicyclic) bond motifs is 1. The topological polar surface area (TPSA) is 135 Å². The third-order valence-electron chi connectivity index (χ3n) is 6.49. The molecule has 11 heteroatoms. The number of benzene rings is 1. The van der Waals surface area contributed by atoms with E-state index in [1.54, 1.807) is 24.5 Å². The summed E-state index contributed by atoms with van der Waals surface area (Å²) in [6.45, 7) is 9.50. The number of halogens is 1. The van der Waals surface area contributed by atoms with E-state index in [0.717, 1.165) is 18.5 Å². The number of ketones is 1. The second-order valence-electron chi connectivity index (χ2n) is 10.2. The minimum Gasteiger partial charge on any atom is -0.341 e. The van der Waals surface area contributed by atoms with Gasteiger partial charge in [0.25, 0.3) is 17.6 Å². The second-order valence-corrected chi connectivity index (χ2v) is 10.2. The summed E-state index contributed by atoms with van der Waals surface area (Å²) in [6.07, 6.45) is 2.30. The molecule has 10 nitrogen and oxygen atoms in total. The molecule has 2 amide bonds. The lowest BCUT2D eigenvalue weighted by atomic mass is 9.86. The Morgan fingerprint density at radius 1 is 1.17 bits per heavy atom. The molecule has 1 atom stereocenters. The van der Waals surface area contributed by atoms with E-state index in [-0.39, 0.29) is 17.3 Å². The van der Waals surface area contributed by atoms with Gasteiger partial charge in [-0.3, -0.25) is 14.4 Å². The zero-order valence-corrected chi connectivity index (χ0v) is 21.0. The molecule has 0 saturated carbocycles. The molecule has 3 aromatic rings. The lowest BCUT2D eigenvalue weighted by molar-refractivity contribution is -0.118. The van der Waals surface area contributed by atoms with Gasteiger partial charge in [-0.1, -0.05) is 26.0 Å². The molecule has 0 radical (unpaired) electrons. The Labute approximate surface area is 208 Å². The van der Waals surface area contributed by atoms with Crippen LogP contribution in [0.4, 0.5) is 10.1 Å². The molecule has 4 rings (SSSR count). The molecule has 0 unspecified atom stereocenters. The highest BCUT2D eigenvalue weighted by Crippen LogP contribution is 2.32. The van der Waals surface area contributed by atoms with E-state index in [4.69, 9.17) is 0 Å². The molecule has 3 N–H and O–H groups in total. The van der Waals surface area contributed by atoms with Gasteiger partial charge in [-0.15, -0.1) is 10.2 Å². The number of aromatic nitrogens is 5. The van der Waals surface area contributed by atoms with E-state index in [9.17, 15) is 18.8 Å². The number of H-pyrrole nitrogens is 1. The Morgan fingerprint density at radius 2 is 1.92 bits per heavy atom. The van der Waals surface area contributed by atoms with Gasteiger partial charge in [0.1, 0.15) is 5.82 Å². The van der Waals surface area contributed by atoms with Gasteiger partial charge in [-0.05, 0) is 67.9 Å². The van der Waals surface area contributed by atoms with Crippen molar-refractivity contribution in [2.45, 2.75) is 66.5 Å². The van der Waals surface area contributed by atoms with Crippen LogP contribution in [0.2, 0.25) is 0 Å². The molecule has 190 valence electrons. The number of nitrogens with one attached hydrogen (secondary N) is 3. The number of hydrogen-bond donors (Lipinski definition) is 3. The second kappa shape index (κ2) is 9.63. The number of Topliss-reactive ketones (excluding diaryl/α,β-unsaturated/α-hetero) is 1. The highest BCUT2D eigenvalue weighted by Gasteiger charge is 2.36. The Balaban J connectivity index is 1.66. The van der Waals surface area contributed by atoms with Crippen LogP contribution in [0.25, 0.3) is 0 Å². The fourth-order valence-electron chi connectivity index (χ4n) is 4.65. The van der Waals surface area contributed by atoms with E-state index >= 15 is 0 Å². The third-order valence-corrected chi connectivity index (χ3v) is 6.49. The first kappa shape index (κ1) is 25.2. The van der Waals surface area contributed by atoms with Gasteiger partial charge in [-0.25, -0.2) is 4.39 Å². The molecule has 3 heterocycles. The van der Waals surface area contributed by atoms with Crippen LogP contribution in [0, 0.1) is 25.1 Å². The van der Waals surface area contributed by atoms with Crippen LogP contribution in [0.3, 0.4) is 0 Å². The van der Waals surface area contributed by atoms with Gasteiger partial charge in [-0.2, -0.15) is 5.21 Å². The summed E-state index contributed by atoms with van der Waals surface area (Å²) in [7, 11) is 0. The number of carbonyl (C=O) groups is 3. The van der Waals surface area contributed by atoms with Crippen LogP contribution >= 0.6 is 0 Å². The van der Waals surface area contributed by atoms with Gasteiger partial charge < -0.3 is 15.2 Å². The predicted octanol–water partition coefficient (Wildman–Crippen LogP) is 3.43. The highest BCUT2D eigenvalue weighted by molar-refractivity contribution is 6.43. The number of tetrazole rings is 1. The maximum absolute atomic E-state index is 13.7. The first-order valence-electron chi connectivity index (χ1n) is 11.9. The number of aromatic amines is 1. The summed E-state index contributed by atoms with van der Waals surface area (Å²) in [5.74, 6) is -2.03. The highest BCUT2D eigenvalue weighted by atomic mass is 19.1. The molecular formula is C25H30FN7O3. The lowest BCUT2D eigenvalue weighted by Gasteiger charge is -2.28. The van der Waals surface area contributed by atoms with Crippen molar-refractivity contribution >= 4 is 23.3 Å². The largest absolute Gasteiger partial charge is 0.341 e. The Morgan fingerprint density at radius 3 is 2.56 bits per heavy atom. The Kier molecular flexibility index (Phi) is 6.75. The van der Waals surface area contributed by atoms with Crippen molar-refractivity contribution in [2.75, 3.05) is 5.32 Å². The molecule has 0 bridgehead atoms. The van der Waals surface area contributed by atoms with Gasteiger partial charge in [0.05, 0.1) is 17.3 Å². The Bertz CT molecular complexity index is 1320. The maximum Gasteiger partial charge on any atom is 0.294 e. The summed E-state index contributed by atoms with van der Waals surface area (Å²) in [6, 6.07) is 3.67. The quantitative estimate of drug-likeness (QED) is 0.354. The number of rotatable bonds is 6. The van der Waals surface area contributed by atoms with E-state index < -0.39 is 29.1 Å². The molecule has 0 aliphatic carbocycles. The monoisotopic (exact) mass is 495 g/mol. The molecule has 1 aliphatic heterocycles. The van der Waals surface area contributed by atoms with Gasteiger partial charge >= 0.3 is 0 Å². The summed E-state index contributed by atoms with van der Waals surface area (Å²) in [5.41, 5.74) is 2.10. The van der Waals surface area contributed by atoms with Crippen molar-refractivity contribution < 1.29 is 18.8 Å². The van der Waals surface area contributed by atoms with Crippen LogP contribution in [-0.4, -0.2) is 42.8 Å². The molecule has 36 heavy (non-hydrogen) atoms. The summed E-state index contributed by atoms with van der Waals surface area (Å²) >= 11 is 0. The molecular weight excluding hydrogens is 465 g/mol. The number of anilines is 1.